The Hall–Kier alpha value is -6.84. The van der Waals surface area contributed by atoms with Crippen LogP contribution in [0.3, 0.4) is 0 Å². The maximum absolute atomic E-state index is 15.8. The molecule has 67 heavy (non-hydrogen) atoms. The summed E-state index contributed by atoms with van der Waals surface area (Å²) in [5.74, 6) is -3.21. The number of carbonyl (C=O) groups excluding carboxylic acids is 5. The van der Waals surface area contributed by atoms with Crippen molar-refractivity contribution in [3.8, 4) is 11.1 Å². The van der Waals surface area contributed by atoms with Gasteiger partial charge in [-0.15, -0.1) is 0 Å². The van der Waals surface area contributed by atoms with Gasteiger partial charge in [0.15, 0.2) is 11.5 Å². The molecule has 3 aliphatic rings. The molecule has 3 aromatic heterocycles. The van der Waals surface area contributed by atoms with E-state index in [-0.39, 0.29) is 59.9 Å². The van der Waals surface area contributed by atoms with E-state index in [1.807, 2.05) is 33.9 Å². The van der Waals surface area contributed by atoms with Crippen LogP contribution in [0.5, 0.6) is 0 Å². The third-order valence-corrected chi connectivity index (χ3v) is 14.2. The molecule has 4 N–H and O–H groups in total. The van der Waals surface area contributed by atoms with Gasteiger partial charge in [0.2, 0.25) is 23.5 Å². The number of halogens is 2. The van der Waals surface area contributed by atoms with Gasteiger partial charge in [0.25, 0.3) is 0 Å². The van der Waals surface area contributed by atoms with E-state index in [1.165, 1.54) is 18.8 Å². The molecular weight excluding hydrogens is 891 g/mol. The fraction of sp³-hybridized carbons (Fsp3) is 0.370. The number of hydrogen-bond donors (Lipinski definition) is 4. The largest absolute Gasteiger partial charge is 0.374 e. The Balaban J connectivity index is 0.844. The molecule has 1 unspecified atom stereocenters. The average Bonchev–Trinajstić information content (AvgIpc) is 3.70. The Morgan fingerprint density at radius 3 is 2.34 bits per heavy atom. The summed E-state index contributed by atoms with van der Waals surface area (Å²) in [6.07, 6.45) is 8.29. The van der Waals surface area contributed by atoms with E-state index in [2.05, 4.69) is 43.0 Å². The Kier molecular flexibility index (Phi) is 13.9. The van der Waals surface area contributed by atoms with Crippen LogP contribution in [0.2, 0.25) is 0 Å². The molecule has 352 valence electrons. The smallest absolute Gasteiger partial charge is 0.321 e. The van der Waals surface area contributed by atoms with E-state index in [0.717, 1.165) is 64.6 Å². The highest BCUT2D eigenvalue weighted by Gasteiger charge is 2.30. The second-order valence-corrected chi connectivity index (χ2v) is 18.5. The van der Waals surface area contributed by atoms with Crippen LogP contribution in [0.15, 0.2) is 73.2 Å². The summed E-state index contributed by atoms with van der Waals surface area (Å²) < 4.78 is 60.1. The van der Waals surface area contributed by atoms with Crippen LogP contribution < -0.4 is 30.4 Å². The molecule has 1 atom stereocenters. The zero-order valence-electron chi connectivity index (χ0n) is 36.8. The van der Waals surface area contributed by atoms with Crippen LogP contribution >= 0.6 is 0 Å². The number of imide groups is 1. The lowest BCUT2D eigenvalue weighted by Crippen LogP contribution is -2.48. The Labute approximate surface area is 385 Å². The maximum atomic E-state index is 15.8. The first-order valence-corrected chi connectivity index (χ1v) is 23.5. The van der Waals surface area contributed by atoms with Gasteiger partial charge in [-0.2, -0.15) is 17.5 Å². The number of benzene rings is 2. The summed E-state index contributed by atoms with van der Waals surface area (Å²) in [7, 11) is -2.95. The van der Waals surface area contributed by atoms with E-state index in [4.69, 9.17) is 4.84 Å². The fourth-order valence-corrected chi connectivity index (χ4v) is 9.58. The lowest BCUT2D eigenvalue weighted by molar-refractivity contribution is -0.134. The number of rotatable bonds is 16. The molecule has 0 saturated carbocycles. The zero-order valence-corrected chi connectivity index (χ0v) is 37.7. The van der Waals surface area contributed by atoms with Crippen molar-refractivity contribution in [1.82, 2.24) is 34.5 Å². The van der Waals surface area contributed by atoms with Crippen molar-refractivity contribution in [2.75, 3.05) is 61.3 Å². The normalized spacial score (nSPS) is 17.4. The molecule has 3 fully saturated rings. The minimum absolute atomic E-state index is 0.0102. The molecule has 5 aromatic rings. The lowest BCUT2D eigenvalue weighted by atomic mass is 9.89. The Morgan fingerprint density at radius 2 is 1.67 bits per heavy atom. The summed E-state index contributed by atoms with van der Waals surface area (Å²) in [5.41, 5.74) is 1.23. The first kappa shape index (κ1) is 46.7. The quantitative estimate of drug-likeness (QED) is 0.0627. The molecule has 3 saturated heterocycles. The SMILES string of the molecule is CCN(C)S(=O)(=O)Nc1ccc(F)c(C(=O)c2cn(OC=O)c3ncc(-c4ccc(N5CCC(NCC(=O)N6CCC(c7ccc(NC8CCC(=O)NC8=O)cc7)CC6)CC5)nc4)cc23)c1F. The Morgan fingerprint density at radius 1 is 0.940 bits per heavy atom. The lowest BCUT2D eigenvalue weighted by Gasteiger charge is -2.35. The van der Waals surface area contributed by atoms with Crippen molar-refractivity contribution in [1.29, 1.82) is 0 Å². The van der Waals surface area contributed by atoms with E-state index in [1.54, 1.807) is 19.2 Å². The first-order chi connectivity index (χ1) is 32.2. The van der Waals surface area contributed by atoms with Crippen molar-refractivity contribution in [3.63, 3.8) is 0 Å². The van der Waals surface area contributed by atoms with Gasteiger partial charge in [0, 0.05) is 86.8 Å². The summed E-state index contributed by atoms with van der Waals surface area (Å²) in [6, 6.07) is 14.7. The molecule has 6 heterocycles. The van der Waals surface area contributed by atoms with Gasteiger partial charge in [0.05, 0.1) is 29.6 Å². The van der Waals surface area contributed by atoms with Gasteiger partial charge in [-0.1, -0.05) is 19.1 Å². The molecule has 18 nitrogen and oxygen atoms in total. The minimum atomic E-state index is -4.21. The Bertz CT molecular complexity index is 2790. The number of likely N-dealkylation sites (tertiary alicyclic amines) is 1. The second-order valence-electron chi connectivity index (χ2n) is 16.8. The third kappa shape index (κ3) is 10.3. The van der Waals surface area contributed by atoms with Crippen molar-refractivity contribution in [2.24, 2.45) is 0 Å². The number of aromatic nitrogens is 3. The van der Waals surface area contributed by atoms with Crippen molar-refractivity contribution in [2.45, 2.75) is 63.5 Å². The summed E-state index contributed by atoms with van der Waals surface area (Å²) in [4.78, 5) is 80.1. The number of anilines is 3. The van der Waals surface area contributed by atoms with E-state index < -0.39 is 44.9 Å². The van der Waals surface area contributed by atoms with Crippen LogP contribution in [0.1, 0.15) is 72.9 Å². The summed E-state index contributed by atoms with van der Waals surface area (Å²) in [5, 5.41) is 9.14. The predicted molar refractivity (Wildman–Crippen MR) is 244 cm³/mol. The highest BCUT2D eigenvalue weighted by Crippen LogP contribution is 2.32. The number of amides is 3. The van der Waals surface area contributed by atoms with Crippen LogP contribution in [-0.2, 0) is 29.4 Å². The van der Waals surface area contributed by atoms with E-state index in [0.29, 0.717) is 56.1 Å². The zero-order chi connectivity index (χ0) is 47.4. The number of carbonyl (C=O) groups is 5. The van der Waals surface area contributed by atoms with E-state index in [9.17, 15) is 32.4 Å². The van der Waals surface area contributed by atoms with Crippen LogP contribution in [0, 0.1) is 11.6 Å². The van der Waals surface area contributed by atoms with Crippen molar-refractivity contribution >= 4 is 68.4 Å². The van der Waals surface area contributed by atoms with Gasteiger partial charge >= 0.3 is 16.7 Å². The first-order valence-electron chi connectivity index (χ1n) is 22.0. The number of hydrogen-bond acceptors (Lipinski definition) is 13. The number of piperidine rings is 3. The number of fused-ring (bicyclic) bond motifs is 1. The van der Waals surface area contributed by atoms with Gasteiger partial charge in [-0.25, -0.2) is 18.7 Å². The second kappa shape index (κ2) is 19.9. The molecule has 0 bridgehead atoms. The molecule has 21 heteroatoms. The van der Waals surface area contributed by atoms with E-state index >= 15 is 8.78 Å². The number of pyridine rings is 2. The molecule has 3 amide bonds. The van der Waals surface area contributed by atoms with Gasteiger partial charge < -0.3 is 25.3 Å². The molecule has 8 rings (SSSR count). The molecule has 3 aliphatic heterocycles. The van der Waals surface area contributed by atoms with Crippen LogP contribution in [0.4, 0.5) is 26.0 Å². The monoisotopic (exact) mass is 940 g/mol. The number of ketones is 1. The fourth-order valence-electron chi connectivity index (χ4n) is 8.65. The predicted octanol–water partition coefficient (Wildman–Crippen LogP) is 3.98. The van der Waals surface area contributed by atoms with Gasteiger partial charge in [-0.05, 0) is 86.1 Å². The third-order valence-electron chi connectivity index (χ3n) is 12.7. The maximum Gasteiger partial charge on any atom is 0.321 e. The topological polar surface area (TPSA) is 217 Å². The molecular formula is C46H50F2N10O8S. The molecule has 0 spiro atoms. The molecule has 0 aliphatic carbocycles. The molecule has 2 aromatic carbocycles. The number of nitrogens with one attached hydrogen (secondary N) is 4. The van der Waals surface area contributed by atoms with Crippen LogP contribution in [0.25, 0.3) is 22.2 Å². The highest BCUT2D eigenvalue weighted by atomic mass is 32.2. The molecule has 0 radical (unpaired) electrons. The van der Waals surface area contributed by atoms with Crippen LogP contribution in [-0.4, -0.2) is 121 Å². The standard InChI is InChI=1S/C46H50F2N10O8S/c1-3-55(2)67(64,65)54-37-10-9-36(47)42(43(37)48)44(62)35-26-58(66-27-59)45-34(35)22-31(24-51-45)30-6-12-39(50-23-30)56-20-16-32(17-21-56)49-25-41(61)57-18-14-29(15-19-57)28-4-7-33(8-5-28)52-38-11-13-40(60)53-46(38)63/h4-10,12,22-24,26-27,29,32,38,49,52,54H,3,11,13-21,25H2,1-2H3,(H,53,60,63). The summed E-state index contributed by atoms with van der Waals surface area (Å²) >= 11 is 0. The van der Waals surface area contributed by atoms with Gasteiger partial charge in [-0.3, -0.25) is 34.0 Å². The summed E-state index contributed by atoms with van der Waals surface area (Å²) in [6.45, 7) is 4.76. The number of nitrogens with zero attached hydrogens (tertiary/aromatic N) is 6. The van der Waals surface area contributed by atoms with Crippen molar-refractivity contribution < 1.29 is 46.0 Å². The highest BCUT2D eigenvalue weighted by molar-refractivity contribution is 7.90. The average molecular weight is 941 g/mol. The van der Waals surface area contributed by atoms with Crippen molar-refractivity contribution in [3.05, 3.63) is 102 Å². The van der Waals surface area contributed by atoms with Gasteiger partial charge in [0.1, 0.15) is 17.7 Å². The minimum Gasteiger partial charge on any atom is -0.374 e.